The maximum atomic E-state index is 6.23. The second-order valence-corrected chi connectivity index (χ2v) is 16.9. The summed E-state index contributed by atoms with van der Waals surface area (Å²) in [7, 11) is 0. The summed E-state index contributed by atoms with van der Waals surface area (Å²) in [5.41, 5.74) is 18.6. The average Bonchev–Trinajstić information content (AvgIpc) is 3.84. The minimum atomic E-state index is 0.264. The van der Waals surface area contributed by atoms with E-state index in [-0.39, 0.29) is 5.41 Å². The molecule has 6 bridgehead atoms. The van der Waals surface area contributed by atoms with Crippen molar-refractivity contribution in [3.63, 3.8) is 0 Å². The van der Waals surface area contributed by atoms with E-state index in [4.69, 9.17) is 4.42 Å². The van der Waals surface area contributed by atoms with E-state index in [1.54, 1.807) is 16.7 Å². The first-order chi connectivity index (χ1) is 26.7. The molecule has 6 unspecified atom stereocenters. The van der Waals surface area contributed by atoms with E-state index in [2.05, 4.69) is 157 Å². The lowest BCUT2D eigenvalue weighted by Crippen LogP contribution is -2.54. The third kappa shape index (κ3) is 3.81. The largest absolute Gasteiger partial charge is 0.456 e. The van der Waals surface area contributed by atoms with Gasteiger partial charge in [-0.15, -0.1) is 0 Å². The predicted molar refractivity (Wildman–Crippen MR) is 221 cm³/mol. The van der Waals surface area contributed by atoms with E-state index in [9.17, 15) is 0 Å². The summed E-state index contributed by atoms with van der Waals surface area (Å²) in [5.74, 6) is 4.29. The molecule has 14 rings (SSSR count). The molecule has 7 aromatic carbocycles. The molecule has 2 heteroatoms. The summed E-state index contributed by atoms with van der Waals surface area (Å²) in [6.45, 7) is 0. The third-order valence-corrected chi connectivity index (χ3v) is 14.5. The van der Waals surface area contributed by atoms with Gasteiger partial charge in [-0.05, 0) is 160 Å². The Morgan fingerprint density at radius 3 is 2.04 bits per heavy atom. The van der Waals surface area contributed by atoms with E-state index in [1.807, 2.05) is 6.07 Å². The van der Waals surface area contributed by atoms with Gasteiger partial charge in [0.2, 0.25) is 0 Å². The Bertz CT molecular complexity index is 2810. The maximum Gasteiger partial charge on any atom is 0.135 e. The number of para-hydroxylation sites is 1. The smallest absolute Gasteiger partial charge is 0.135 e. The van der Waals surface area contributed by atoms with Gasteiger partial charge >= 0.3 is 0 Å². The Morgan fingerprint density at radius 1 is 0.500 bits per heavy atom. The standard InChI is InChI=1S/C52H39NO/c1-2-7-32(8-3-1)33-13-18-38(19-14-33)53(40-22-24-49-45(30-40)41-9-4-5-12-48(41)54-49)39-20-15-34(16-21-39)35-17-23-46-44(29-35)42-10-6-11-43-50-36-25-31-26-37(28-36)52(46,51(42)43)47(50)27-31/h1-24,29-31,36-37,47,50H,25-28H2. The molecule has 0 aliphatic heterocycles. The first-order valence-electron chi connectivity index (χ1n) is 20.0. The highest BCUT2D eigenvalue weighted by Crippen LogP contribution is 2.77. The highest BCUT2D eigenvalue weighted by Gasteiger charge is 2.69. The normalized spacial score (nSPS) is 25.0. The van der Waals surface area contributed by atoms with Gasteiger partial charge in [-0.2, -0.15) is 0 Å². The number of hydrogen-bond acceptors (Lipinski definition) is 2. The monoisotopic (exact) mass is 693 g/mol. The molecule has 258 valence electrons. The fourth-order valence-corrected chi connectivity index (χ4v) is 12.7. The molecule has 1 heterocycles. The first-order valence-corrected chi connectivity index (χ1v) is 20.0. The van der Waals surface area contributed by atoms with Crippen molar-refractivity contribution in [2.45, 2.75) is 37.0 Å². The Kier molecular flexibility index (Phi) is 5.83. The summed E-state index contributed by atoms with van der Waals surface area (Å²) in [6, 6.07) is 58.6. The molecule has 1 aromatic heterocycles. The van der Waals surface area contributed by atoms with Gasteiger partial charge in [0.15, 0.2) is 0 Å². The highest BCUT2D eigenvalue weighted by molar-refractivity contribution is 6.06. The van der Waals surface area contributed by atoms with Crippen LogP contribution in [0.25, 0.3) is 55.3 Å². The number of anilines is 3. The fraction of sp³-hybridized carbons (Fsp3) is 0.192. The molecule has 54 heavy (non-hydrogen) atoms. The molecule has 0 amide bonds. The number of hydrogen-bond donors (Lipinski definition) is 0. The zero-order valence-corrected chi connectivity index (χ0v) is 30.1. The van der Waals surface area contributed by atoms with Crippen LogP contribution in [-0.4, -0.2) is 0 Å². The molecule has 4 fully saturated rings. The van der Waals surface area contributed by atoms with Crippen molar-refractivity contribution in [2.75, 3.05) is 4.90 Å². The fourth-order valence-electron chi connectivity index (χ4n) is 12.7. The van der Waals surface area contributed by atoms with Crippen molar-refractivity contribution in [2.24, 2.45) is 23.7 Å². The molecule has 0 radical (unpaired) electrons. The lowest BCUT2D eigenvalue weighted by molar-refractivity contribution is -0.0431. The van der Waals surface area contributed by atoms with E-state index >= 15 is 0 Å². The van der Waals surface area contributed by atoms with Crippen molar-refractivity contribution >= 4 is 39.0 Å². The molecule has 2 nitrogen and oxygen atoms in total. The van der Waals surface area contributed by atoms with Crippen LogP contribution in [0, 0.1) is 23.7 Å². The number of fused-ring (bicyclic) bond motifs is 5. The van der Waals surface area contributed by atoms with Gasteiger partial charge in [-0.3, -0.25) is 0 Å². The summed E-state index contributed by atoms with van der Waals surface area (Å²) in [5, 5.41) is 2.27. The number of rotatable bonds is 5. The highest BCUT2D eigenvalue weighted by atomic mass is 16.3. The predicted octanol–water partition coefficient (Wildman–Crippen LogP) is 13.8. The molecule has 1 spiro atoms. The minimum Gasteiger partial charge on any atom is -0.456 e. The zero-order valence-electron chi connectivity index (χ0n) is 30.1. The lowest BCUT2D eigenvalue weighted by Gasteiger charge is -2.60. The number of nitrogens with zero attached hydrogens (tertiary/aromatic N) is 1. The maximum absolute atomic E-state index is 6.23. The van der Waals surface area contributed by atoms with Gasteiger partial charge in [0.25, 0.3) is 0 Å². The van der Waals surface area contributed by atoms with Crippen LogP contribution in [0.2, 0.25) is 0 Å². The third-order valence-electron chi connectivity index (χ3n) is 14.5. The lowest BCUT2D eigenvalue weighted by atomic mass is 9.43. The molecule has 6 atom stereocenters. The van der Waals surface area contributed by atoms with Gasteiger partial charge < -0.3 is 9.32 Å². The van der Waals surface area contributed by atoms with Crippen molar-refractivity contribution < 1.29 is 4.42 Å². The quantitative estimate of drug-likeness (QED) is 0.178. The molecule has 6 aliphatic carbocycles. The molecule has 6 aliphatic rings. The molecule has 0 saturated heterocycles. The van der Waals surface area contributed by atoms with Crippen molar-refractivity contribution in [1.29, 1.82) is 0 Å². The average molecular weight is 694 g/mol. The van der Waals surface area contributed by atoms with Crippen LogP contribution < -0.4 is 4.90 Å². The van der Waals surface area contributed by atoms with Gasteiger partial charge in [0.1, 0.15) is 11.2 Å². The summed E-state index contributed by atoms with van der Waals surface area (Å²) < 4.78 is 6.23. The van der Waals surface area contributed by atoms with Crippen molar-refractivity contribution in [1.82, 2.24) is 0 Å². The van der Waals surface area contributed by atoms with Crippen molar-refractivity contribution in [3.8, 4) is 33.4 Å². The molecule has 8 aromatic rings. The van der Waals surface area contributed by atoms with E-state index in [1.165, 1.54) is 59.1 Å². The van der Waals surface area contributed by atoms with Gasteiger partial charge in [0, 0.05) is 33.2 Å². The molecular weight excluding hydrogens is 655 g/mol. The van der Waals surface area contributed by atoms with Crippen LogP contribution in [-0.2, 0) is 5.41 Å². The topological polar surface area (TPSA) is 16.4 Å². The summed E-state index contributed by atoms with van der Waals surface area (Å²) in [6.07, 6.45) is 5.78. The zero-order chi connectivity index (χ0) is 35.1. The second kappa shape index (κ2) is 10.6. The number of benzene rings is 7. The first kappa shape index (κ1) is 29.6. The second-order valence-electron chi connectivity index (χ2n) is 16.9. The van der Waals surface area contributed by atoms with Gasteiger partial charge in [-0.25, -0.2) is 0 Å². The SMILES string of the molecule is c1ccc(-c2ccc(N(c3ccc(-c4ccc5c(c4)-c4cccc6c4C54C5CC7CC(C5)C6C4C7)cc3)c3ccc4oc5ccccc5c4c3)cc2)cc1. The van der Waals surface area contributed by atoms with Gasteiger partial charge in [0.05, 0.1) is 0 Å². The van der Waals surface area contributed by atoms with Crippen LogP contribution in [0.3, 0.4) is 0 Å². The Morgan fingerprint density at radius 2 is 1.20 bits per heavy atom. The van der Waals surface area contributed by atoms with E-state index in [0.29, 0.717) is 0 Å². The molecule has 0 N–H and O–H groups in total. The Labute approximate surface area is 315 Å². The van der Waals surface area contributed by atoms with Crippen LogP contribution in [0.5, 0.6) is 0 Å². The Balaban J connectivity index is 0.910. The van der Waals surface area contributed by atoms with Crippen LogP contribution in [0.4, 0.5) is 17.1 Å². The van der Waals surface area contributed by atoms with Crippen LogP contribution in [0.15, 0.2) is 162 Å². The van der Waals surface area contributed by atoms with Crippen LogP contribution in [0.1, 0.15) is 48.3 Å². The Hall–Kier alpha value is -5.86. The molecular formula is C52H39NO. The molecule has 4 saturated carbocycles. The van der Waals surface area contributed by atoms with Crippen molar-refractivity contribution in [3.05, 3.63) is 174 Å². The van der Waals surface area contributed by atoms with Crippen LogP contribution >= 0.6 is 0 Å². The van der Waals surface area contributed by atoms with Gasteiger partial charge in [-0.1, -0.05) is 103 Å². The number of furan rings is 1. The summed E-state index contributed by atoms with van der Waals surface area (Å²) >= 11 is 0. The van der Waals surface area contributed by atoms with E-state index in [0.717, 1.165) is 68.6 Å². The van der Waals surface area contributed by atoms with E-state index < -0.39 is 0 Å². The summed E-state index contributed by atoms with van der Waals surface area (Å²) in [4.78, 5) is 2.37. The minimum absolute atomic E-state index is 0.264.